The van der Waals surface area contributed by atoms with Crippen LogP contribution < -0.4 is 20.1 Å². The summed E-state index contributed by atoms with van der Waals surface area (Å²) in [5.41, 5.74) is 0. The molecule has 4 rings (SSSR count). The average Bonchev–Trinajstić information content (AvgIpc) is 3.44. The van der Waals surface area contributed by atoms with E-state index in [1.54, 1.807) is 6.26 Å². The minimum Gasteiger partial charge on any atom is -0.486 e. The molecule has 0 saturated heterocycles. The summed E-state index contributed by atoms with van der Waals surface area (Å²) in [5.74, 6) is 4.24. The predicted octanol–water partition coefficient (Wildman–Crippen LogP) is 2.00. The SMILES string of the molecule is CCNC(=NCC1COc2ccccc2O1)NCCc1nc(-c2ccco2)n[nH]1. The number of aliphatic imine (C=N–C) groups is 1. The summed E-state index contributed by atoms with van der Waals surface area (Å²) in [7, 11) is 0. The van der Waals surface area contributed by atoms with Crippen molar-refractivity contribution in [2.75, 3.05) is 26.2 Å². The topological polar surface area (TPSA) is 110 Å². The summed E-state index contributed by atoms with van der Waals surface area (Å²) in [5, 5.41) is 13.6. The number of nitrogens with one attached hydrogen (secondary N) is 3. The number of rotatable bonds is 7. The minimum atomic E-state index is -0.120. The number of nitrogens with zero attached hydrogens (tertiary/aromatic N) is 3. The number of guanidine groups is 1. The van der Waals surface area contributed by atoms with E-state index in [2.05, 4.69) is 30.8 Å². The van der Waals surface area contributed by atoms with Gasteiger partial charge in [0.2, 0.25) is 5.82 Å². The normalized spacial score (nSPS) is 15.9. The number of para-hydroxylation sites is 2. The van der Waals surface area contributed by atoms with Gasteiger partial charge in [-0.2, -0.15) is 5.10 Å². The molecule has 0 amide bonds. The zero-order valence-corrected chi connectivity index (χ0v) is 16.2. The number of ether oxygens (including phenoxy) is 2. The molecular weight excluding hydrogens is 372 g/mol. The Bertz CT molecular complexity index is 937. The van der Waals surface area contributed by atoms with E-state index in [0.29, 0.717) is 37.7 Å². The van der Waals surface area contributed by atoms with Gasteiger partial charge >= 0.3 is 0 Å². The second kappa shape index (κ2) is 9.13. The van der Waals surface area contributed by atoms with Crippen molar-refractivity contribution in [2.24, 2.45) is 4.99 Å². The molecule has 0 bridgehead atoms. The van der Waals surface area contributed by atoms with Crippen molar-refractivity contribution < 1.29 is 13.9 Å². The Morgan fingerprint density at radius 1 is 1.21 bits per heavy atom. The van der Waals surface area contributed by atoms with Crippen LogP contribution in [0, 0.1) is 0 Å². The first-order valence-electron chi connectivity index (χ1n) is 9.67. The molecule has 1 aliphatic rings. The molecule has 0 saturated carbocycles. The third kappa shape index (κ3) is 4.87. The molecule has 0 fully saturated rings. The van der Waals surface area contributed by atoms with Gasteiger partial charge in [-0.25, -0.2) is 9.98 Å². The molecule has 9 nitrogen and oxygen atoms in total. The van der Waals surface area contributed by atoms with E-state index in [9.17, 15) is 0 Å². The molecule has 152 valence electrons. The fourth-order valence-electron chi connectivity index (χ4n) is 2.91. The highest BCUT2D eigenvalue weighted by Crippen LogP contribution is 2.30. The Morgan fingerprint density at radius 2 is 2.10 bits per heavy atom. The third-order valence-corrected chi connectivity index (χ3v) is 4.29. The number of H-pyrrole nitrogens is 1. The maximum absolute atomic E-state index is 5.95. The van der Waals surface area contributed by atoms with E-state index in [-0.39, 0.29) is 6.10 Å². The second-order valence-corrected chi connectivity index (χ2v) is 6.48. The number of fused-ring (bicyclic) bond motifs is 1. The minimum absolute atomic E-state index is 0.120. The summed E-state index contributed by atoms with van der Waals surface area (Å²) in [6.45, 7) is 4.42. The fraction of sp³-hybridized carbons (Fsp3) is 0.350. The van der Waals surface area contributed by atoms with Crippen LogP contribution in [0.5, 0.6) is 11.5 Å². The van der Waals surface area contributed by atoms with Gasteiger partial charge in [0.05, 0.1) is 12.8 Å². The van der Waals surface area contributed by atoms with Crippen LogP contribution in [0.25, 0.3) is 11.6 Å². The van der Waals surface area contributed by atoms with Crippen molar-refractivity contribution in [3.8, 4) is 23.1 Å². The lowest BCUT2D eigenvalue weighted by Crippen LogP contribution is -2.40. The van der Waals surface area contributed by atoms with Gasteiger partial charge in [-0.15, -0.1) is 0 Å². The molecule has 3 aromatic rings. The molecular formula is C20H24N6O3. The Labute approximate surface area is 168 Å². The number of aromatic amines is 1. The van der Waals surface area contributed by atoms with Crippen LogP contribution in [0.2, 0.25) is 0 Å². The van der Waals surface area contributed by atoms with Crippen molar-refractivity contribution in [3.63, 3.8) is 0 Å². The van der Waals surface area contributed by atoms with Crippen LogP contribution in [-0.4, -0.2) is 53.5 Å². The molecule has 0 spiro atoms. The molecule has 2 aromatic heterocycles. The third-order valence-electron chi connectivity index (χ3n) is 4.29. The van der Waals surface area contributed by atoms with Gasteiger partial charge < -0.3 is 24.5 Å². The first kappa shape index (κ1) is 18.9. The lowest BCUT2D eigenvalue weighted by molar-refractivity contribution is 0.0971. The maximum Gasteiger partial charge on any atom is 0.216 e. The number of benzene rings is 1. The van der Waals surface area contributed by atoms with Crippen molar-refractivity contribution in [3.05, 3.63) is 48.5 Å². The molecule has 1 atom stereocenters. The lowest BCUT2D eigenvalue weighted by Gasteiger charge is -2.25. The zero-order chi connectivity index (χ0) is 19.9. The maximum atomic E-state index is 5.95. The van der Waals surface area contributed by atoms with Crippen molar-refractivity contribution in [1.29, 1.82) is 0 Å². The summed E-state index contributed by atoms with van der Waals surface area (Å²) >= 11 is 0. The van der Waals surface area contributed by atoms with E-state index in [0.717, 1.165) is 29.8 Å². The molecule has 3 heterocycles. The van der Waals surface area contributed by atoms with E-state index < -0.39 is 0 Å². The highest BCUT2D eigenvalue weighted by atomic mass is 16.6. The standard InChI is InChI=1S/C20H24N6O3/c1-2-21-20(23-12-14-13-28-15-6-3-4-7-16(15)29-14)22-10-9-18-24-19(26-25-18)17-8-5-11-27-17/h3-8,11,14H,2,9-10,12-13H2,1H3,(H2,21,22,23)(H,24,25,26). The van der Waals surface area contributed by atoms with Crippen LogP contribution in [0.3, 0.4) is 0 Å². The van der Waals surface area contributed by atoms with Gasteiger partial charge in [-0.1, -0.05) is 12.1 Å². The molecule has 3 N–H and O–H groups in total. The lowest BCUT2D eigenvalue weighted by atomic mass is 10.2. The quantitative estimate of drug-likeness (QED) is 0.414. The number of hydrogen-bond donors (Lipinski definition) is 3. The van der Waals surface area contributed by atoms with Crippen LogP contribution in [0.4, 0.5) is 0 Å². The molecule has 0 radical (unpaired) electrons. The molecule has 29 heavy (non-hydrogen) atoms. The summed E-state index contributed by atoms with van der Waals surface area (Å²) in [6.07, 6.45) is 2.16. The Kier molecular flexibility index (Phi) is 5.94. The molecule has 1 aromatic carbocycles. The van der Waals surface area contributed by atoms with Gasteiger partial charge in [0, 0.05) is 19.5 Å². The summed E-state index contributed by atoms with van der Waals surface area (Å²) < 4.78 is 17.0. The summed E-state index contributed by atoms with van der Waals surface area (Å²) in [6, 6.07) is 11.3. The Hall–Kier alpha value is -3.49. The molecule has 0 aliphatic carbocycles. The van der Waals surface area contributed by atoms with Crippen molar-refractivity contribution in [2.45, 2.75) is 19.4 Å². The Morgan fingerprint density at radius 3 is 2.93 bits per heavy atom. The number of aromatic nitrogens is 3. The van der Waals surface area contributed by atoms with Crippen LogP contribution in [0.1, 0.15) is 12.7 Å². The summed E-state index contributed by atoms with van der Waals surface area (Å²) in [4.78, 5) is 9.05. The van der Waals surface area contributed by atoms with Crippen LogP contribution in [0.15, 0.2) is 52.1 Å². The molecule has 1 unspecified atom stereocenters. The van der Waals surface area contributed by atoms with E-state index >= 15 is 0 Å². The van der Waals surface area contributed by atoms with Gasteiger partial charge in [0.25, 0.3) is 0 Å². The van der Waals surface area contributed by atoms with Crippen LogP contribution >= 0.6 is 0 Å². The second-order valence-electron chi connectivity index (χ2n) is 6.48. The average molecular weight is 396 g/mol. The molecule has 1 aliphatic heterocycles. The molecule has 9 heteroatoms. The van der Waals surface area contributed by atoms with Crippen LogP contribution in [-0.2, 0) is 6.42 Å². The Balaban J connectivity index is 1.28. The van der Waals surface area contributed by atoms with Gasteiger partial charge in [-0.05, 0) is 31.2 Å². The smallest absolute Gasteiger partial charge is 0.216 e. The predicted molar refractivity (Wildman–Crippen MR) is 108 cm³/mol. The zero-order valence-electron chi connectivity index (χ0n) is 16.2. The van der Waals surface area contributed by atoms with Gasteiger partial charge in [0.15, 0.2) is 29.3 Å². The van der Waals surface area contributed by atoms with Crippen molar-refractivity contribution >= 4 is 5.96 Å². The fourth-order valence-corrected chi connectivity index (χ4v) is 2.91. The van der Waals surface area contributed by atoms with E-state index in [1.165, 1.54) is 0 Å². The first-order valence-corrected chi connectivity index (χ1v) is 9.67. The van der Waals surface area contributed by atoms with E-state index in [1.807, 2.05) is 43.3 Å². The highest BCUT2D eigenvalue weighted by Gasteiger charge is 2.20. The number of furan rings is 1. The van der Waals surface area contributed by atoms with E-state index in [4.69, 9.17) is 13.9 Å². The highest BCUT2D eigenvalue weighted by molar-refractivity contribution is 5.79. The monoisotopic (exact) mass is 396 g/mol. The van der Waals surface area contributed by atoms with Crippen molar-refractivity contribution in [1.82, 2.24) is 25.8 Å². The van der Waals surface area contributed by atoms with Gasteiger partial charge in [0.1, 0.15) is 12.4 Å². The number of hydrogen-bond acceptors (Lipinski definition) is 6. The first-order chi connectivity index (χ1) is 14.3. The largest absolute Gasteiger partial charge is 0.486 e. The van der Waals surface area contributed by atoms with Gasteiger partial charge in [-0.3, -0.25) is 5.10 Å².